The lowest BCUT2D eigenvalue weighted by Crippen LogP contribution is -2.14. The molecule has 1 atom stereocenters. The summed E-state index contributed by atoms with van der Waals surface area (Å²) in [7, 11) is -3.01. The van der Waals surface area contributed by atoms with Gasteiger partial charge in [-0.3, -0.25) is 0 Å². The number of alkyl halides is 1. The first kappa shape index (κ1) is 15.2. The third-order valence-corrected chi connectivity index (χ3v) is 6.24. The van der Waals surface area contributed by atoms with E-state index in [-0.39, 0.29) is 23.4 Å². The highest BCUT2D eigenvalue weighted by molar-refractivity contribution is 9.10. The first-order valence-corrected chi connectivity index (χ1v) is 9.68. The Labute approximate surface area is 135 Å². The van der Waals surface area contributed by atoms with E-state index in [1.807, 2.05) is 4.57 Å². The number of sulfone groups is 1. The van der Waals surface area contributed by atoms with Crippen molar-refractivity contribution in [1.82, 2.24) is 9.55 Å². The molecule has 21 heavy (non-hydrogen) atoms. The number of fused-ring (bicyclic) bond motifs is 1. The first-order chi connectivity index (χ1) is 9.91. The van der Waals surface area contributed by atoms with Crippen LogP contribution in [0.25, 0.3) is 11.0 Å². The molecule has 0 N–H and O–H groups in total. The van der Waals surface area contributed by atoms with Gasteiger partial charge in [0, 0.05) is 18.4 Å². The second-order valence-corrected chi connectivity index (χ2v) is 8.61. The Morgan fingerprint density at radius 1 is 1.48 bits per heavy atom. The summed E-state index contributed by atoms with van der Waals surface area (Å²) in [5, 5.41) is 0. The Balaban J connectivity index is 2.18. The number of aromatic nitrogens is 2. The smallest absolute Gasteiger partial charge is 0.152 e. The minimum absolute atomic E-state index is 0.0999. The maximum atomic E-state index is 13.7. The van der Waals surface area contributed by atoms with E-state index in [0.717, 1.165) is 5.52 Å². The van der Waals surface area contributed by atoms with Crippen LogP contribution in [0, 0.1) is 5.82 Å². The van der Waals surface area contributed by atoms with Gasteiger partial charge < -0.3 is 4.57 Å². The van der Waals surface area contributed by atoms with E-state index >= 15 is 0 Å². The van der Waals surface area contributed by atoms with Gasteiger partial charge in [0.1, 0.15) is 11.6 Å². The van der Waals surface area contributed by atoms with Crippen molar-refractivity contribution in [2.75, 3.05) is 17.4 Å². The van der Waals surface area contributed by atoms with Crippen molar-refractivity contribution in [3.63, 3.8) is 0 Å². The average Bonchev–Trinajstić information content (AvgIpc) is 2.91. The lowest BCUT2D eigenvalue weighted by atomic mass is 10.2. The number of halogens is 3. The Hall–Kier alpha value is -0.660. The fourth-order valence-corrected chi connectivity index (χ4v) is 4.99. The van der Waals surface area contributed by atoms with Gasteiger partial charge >= 0.3 is 0 Å². The monoisotopic (exact) mass is 394 g/mol. The van der Waals surface area contributed by atoms with Gasteiger partial charge in [-0.1, -0.05) is 0 Å². The molecular weight excluding hydrogens is 383 g/mol. The molecule has 1 fully saturated rings. The van der Waals surface area contributed by atoms with Crippen LogP contribution in [0.5, 0.6) is 0 Å². The van der Waals surface area contributed by atoms with Gasteiger partial charge in [0.05, 0.1) is 33.1 Å². The van der Waals surface area contributed by atoms with E-state index in [1.165, 1.54) is 6.07 Å². The minimum atomic E-state index is -3.01. The molecule has 0 bridgehead atoms. The predicted molar refractivity (Wildman–Crippen MR) is 84.1 cm³/mol. The summed E-state index contributed by atoms with van der Waals surface area (Å²) in [6, 6.07) is 2.85. The van der Waals surface area contributed by atoms with Gasteiger partial charge in [-0.15, -0.1) is 11.6 Å². The molecule has 114 valence electrons. The minimum Gasteiger partial charge on any atom is -0.324 e. The molecule has 1 saturated heterocycles. The molecule has 1 aromatic carbocycles. The molecule has 4 nitrogen and oxygen atoms in total. The molecule has 0 spiro atoms. The van der Waals surface area contributed by atoms with Crippen LogP contribution in [0.15, 0.2) is 16.6 Å². The average molecular weight is 396 g/mol. The van der Waals surface area contributed by atoms with Crippen LogP contribution in [0.2, 0.25) is 0 Å². The van der Waals surface area contributed by atoms with Crippen LogP contribution in [-0.4, -0.2) is 35.4 Å². The van der Waals surface area contributed by atoms with Crippen LogP contribution in [0.3, 0.4) is 0 Å². The van der Waals surface area contributed by atoms with Crippen molar-refractivity contribution >= 4 is 48.4 Å². The molecule has 1 aliphatic rings. The predicted octanol–water partition coefficient (Wildman–Crippen LogP) is 3.08. The number of imidazole rings is 1. The summed E-state index contributed by atoms with van der Waals surface area (Å²) in [6.07, 6.45) is 1.07. The van der Waals surface area contributed by atoms with Crippen molar-refractivity contribution < 1.29 is 12.8 Å². The van der Waals surface area contributed by atoms with Crippen molar-refractivity contribution in [3.8, 4) is 0 Å². The summed E-state index contributed by atoms with van der Waals surface area (Å²) in [6.45, 7) is 0. The third kappa shape index (κ3) is 2.83. The number of hydrogen-bond acceptors (Lipinski definition) is 3. The molecule has 0 radical (unpaired) electrons. The Kier molecular flexibility index (Phi) is 4.00. The van der Waals surface area contributed by atoms with Crippen LogP contribution in [0.1, 0.15) is 18.3 Å². The highest BCUT2D eigenvalue weighted by Crippen LogP contribution is 2.32. The van der Waals surface area contributed by atoms with Gasteiger partial charge in [0.2, 0.25) is 0 Å². The fraction of sp³-hybridized carbons (Fsp3) is 0.462. The topological polar surface area (TPSA) is 52.0 Å². The van der Waals surface area contributed by atoms with Crippen molar-refractivity contribution in [2.24, 2.45) is 0 Å². The van der Waals surface area contributed by atoms with Crippen LogP contribution in [0.4, 0.5) is 4.39 Å². The second kappa shape index (κ2) is 5.52. The summed E-state index contributed by atoms with van der Waals surface area (Å²) in [5.41, 5.74) is 1.27. The van der Waals surface area contributed by atoms with E-state index in [1.54, 1.807) is 6.07 Å². The SMILES string of the molecule is O=S1(=O)CCC(n2c(CCCl)nc3cc(F)c(Br)cc32)C1. The van der Waals surface area contributed by atoms with E-state index < -0.39 is 9.84 Å². The molecule has 1 unspecified atom stereocenters. The first-order valence-electron chi connectivity index (χ1n) is 6.53. The maximum absolute atomic E-state index is 13.7. The van der Waals surface area contributed by atoms with E-state index in [9.17, 15) is 12.8 Å². The quantitative estimate of drug-likeness (QED) is 0.751. The van der Waals surface area contributed by atoms with E-state index in [0.29, 0.717) is 34.5 Å². The zero-order valence-electron chi connectivity index (χ0n) is 11.0. The van der Waals surface area contributed by atoms with Crippen LogP contribution in [-0.2, 0) is 16.3 Å². The number of nitrogens with zero attached hydrogens (tertiary/aromatic N) is 2. The lowest BCUT2D eigenvalue weighted by Gasteiger charge is -2.15. The normalized spacial score (nSPS) is 21.2. The maximum Gasteiger partial charge on any atom is 0.152 e. The number of rotatable bonds is 3. The van der Waals surface area contributed by atoms with Crippen molar-refractivity contribution in [1.29, 1.82) is 0 Å². The zero-order valence-corrected chi connectivity index (χ0v) is 14.2. The molecule has 2 aromatic rings. The fourth-order valence-electron chi connectivity index (χ4n) is 2.79. The Morgan fingerprint density at radius 3 is 2.86 bits per heavy atom. The molecule has 3 rings (SSSR count). The van der Waals surface area contributed by atoms with Gasteiger partial charge in [0.15, 0.2) is 9.84 Å². The van der Waals surface area contributed by atoms with Gasteiger partial charge in [-0.05, 0) is 28.4 Å². The largest absolute Gasteiger partial charge is 0.324 e. The van der Waals surface area contributed by atoms with Gasteiger partial charge in [-0.25, -0.2) is 17.8 Å². The molecule has 0 amide bonds. The molecule has 1 aliphatic heterocycles. The number of benzene rings is 1. The van der Waals surface area contributed by atoms with Crippen molar-refractivity contribution in [2.45, 2.75) is 18.9 Å². The summed E-state index contributed by atoms with van der Waals surface area (Å²) >= 11 is 8.98. The number of hydrogen-bond donors (Lipinski definition) is 0. The third-order valence-electron chi connectivity index (χ3n) is 3.70. The molecule has 0 saturated carbocycles. The highest BCUT2D eigenvalue weighted by atomic mass is 79.9. The molecule has 2 heterocycles. The molecular formula is C13H13BrClFN2O2S. The van der Waals surface area contributed by atoms with Gasteiger partial charge in [0.25, 0.3) is 0 Å². The summed E-state index contributed by atoms with van der Waals surface area (Å²) in [5.74, 6) is 0.984. The second-order valence-electron chi connectivity index (χ2n) is 5.15. The van der Waals surface area contributed by atoms with E-state index in [2.05, 4.69) is 20.9 Å². The standard InChI is InChI=1S/C13H13BrClFN2O2S/c14-9-5-12-11(6-10(9)16)17-13(1-3-15)18(12)8-2-4-21(19,20)7-8/h5-6,8H,1-4,7H2. The Bertz CT molecular complexity index is 806. The molecule has 8 heteroatoms. The van der Waals surface area contributed by atoms with Crippen LogP contribution >= 0.6 is 27.5 Å². The highest BCUT2D eigenvalue weighted by Gasteiger charge is 2.31. The zero-order chi connectivity index (χ0) is 15.2. The Morgan fingerprint density at radius 2 is 2.24 bits per heavy atom. The summed E-state index contributed by atoms with van der Waals surface area (Å²) in [4.78, 5) is 4.42. The number of aryl methyl sites for hydroxylation is 1. The summed E-state index contributed by atoms with van der Waals surface area (Å²) < 4.78 is 39.4. The lowest BCUT2D eigenvalue weighted by molar-refractivity contribution is 0.548. The van der Waals surface area contributed by atoms with Crippen LogP contribution < -0.4 is 0 Å². The van der Waals surface area contributed by atoms with Crippen molar-refractivity contribution in [3.05, 3.63) is 28.2 Å². The molecule has 0 aliphatic carbocycles. The van der Waals surface area contributed by atoms with E-state index in [4.69, 9.17) is 11.6 Å². The molecule has 1 aromatic heterocycles. The van der Waals surface area contributed by atoms with Gasteiger partial charge in [-0.2, -0.15) is 0 Å².